The fourth-order valence-electron chi connectivity index (χ4n) is 3.59. The van der Waals surface area contributed by atoms with E-state index in [0.717, 1.165) is 43.8 Å². The van der Waals surface area contributed by atoms with Crippen LogP contribution < -0.4 is 0 Å². The van der Waals surface area contributed by atoms with E-state index in [-0.39, 0.29) is 11.8 Å². The number of carbonyl (C=O) groups is 1. The number of benzene rings is 2. The van der Waals surface area contributed by atoms with Crippen LogP contribution in [0.25, 0.3) is 32.7 Å². The topological polar surface area (TPSA) is 57.9 Å². The Morgan fingerprint density at radius 2 is 1.79 bits per heavy atom. The molecule has 0 amide bonds. The minimum Gasteiger partial charge on any atom is -0.461 e. The van der Waals surface area contributed by atoms with Crippen LogP contribution in [0.5, 0.6) is 0 Å². The standard InChI is InChI=1S/C19H17FN2O2/c1-4-24-19(23)18-10(3)16-9(2)17-12-6-5-11(20)7-13(12)21-15(17)8-14(16)22-18/h5-8,21-22H,4H2,1-3H3. The summed E-state index contributed by atoms with van der Waals surface area (Å²) in [4.78, 5) is 18.6. The lowest BCUT2D eigenvalue weighted by atomic mass is 10.0. The van der Waals surface area contributed by atoms with Gasteiger partial charge in [-0.2, -0.15) is 0 Å². The van der Waals surface area contributed by atoms with Crippen molar-refractivity contribution < 1.29 is 13.9 Å². The highest BCUT2D eigenvalue weighted by atomic mass is 19.1. The van der Waals surface area contributed by atoms with Crippen LogP contribution in [0.1, 0.15) is 28.5 Å². The van der Waals surface area contributed by atoms with E-state index in [1.807, 2.05) is 19.9 Å². The van der Waals surface area contributed by atoms with E-state index in [2.05, 4.69) is 9.97 Å². The second kappa shape index (κ2) is 5.09. The molecule has 0 saturated carbocycles. The highest BCUT2D eigenvalue weighted by Crippen LogP contribution is 2.36. The Kier molecular flexibility index (Phi) is 3.13. The van der Waals surface area contributed by atoms with E-state index in [9.17, 15) is 9.18 Å². The summed E-state index contributed by atoms with van der Waals surface area (Å²) in [6, 6.07) is 6.72. The Morgan fingerprint density at radius 1 is 1.04 bits per heavy atom. The zero-order chi connectivity index (χ0) is 17.0. The number of nitrogens with one attached hydrogen (secondary N) is 2. The lowest BCUT2D eigenvalue weighted by molar-refractivity contribution is 0.0520. The Balaban J connectivity index is 2.08. The maximum Gasteiger partial charge on any atom is 0.355 e. The fraction of sp³-hybridized carbons (Fsp3) is 0.211. The molecule has 2 aromatic heterocycles. The summed E-state index contributed by atoms with van der Waals surface area (Å²) in [5.74, 6) is -0.612. The number of halogens is 1. The van der Waals surface area contributed by atoms with Crippen molar-refractivity contribution in [1.29, 1.82) is 0 Å². The minimum absolute atomic E-state index is 0.266. The second-order valence-electron chi connectivity index (χ2n) is 6.01. The van der Waals surface area contributed by atoms with Crippen molar-refractivity contribution in [1.82, 2.24) is 9.97 Å². The van der Waals surface area contributed by atoms with Gasteiger partial charge in [0.15, 0.2) is 0 Å². The predicted molar refractivity (Wildman–Crippen MR) is 93.0 cm³/mol. The van der Waals surface area contributed by atoms with Gasteiger partial charge in [-0.15, -0.1) is 0 Å². The second-order valence-corrected chi connectivity index (χ2v) is 6.01. The van der Waals surface area contributed by atoms with E-state index < -0.39 is 0 Å². The normalized spacial score (nSPS) is 11.7. The summed E-state index contributed by atoms with van der Waals surface area (Å²) >= 11 is 0. The molecule has 0 spiro atoms. The van der Waals surface area contributed by atoms with Gasteiger partial charge < -0.3 is 14.7 Å². The number of aromatic amines is 2. The molecule has 5 heteroatoms. The van der Waals surface area contributed by atoms with Crippen molar-refractivity contribution in [3.8, 4) is 0 Å². The first kappa shape index (κ1) is 14.8. The molecular formula is C19H17FN2O2. The van der Waals surface area contributed by atoms with Gasteiger partial charge >= 0.3 is 5.97 Å². The van der Waals surface area contributed by atoms with Gasteiger partial charge in [-0.25, -0.2) is 9.18 Å². The number of hydrogen-bond acceptors (Lipinski definition) is 2. The van der Waals surface area contributed by atoms with E-state index in [4.69, 9.17) is 4.74 Å². The van der Waals surface area contributed by atoms with Crippen molar-refractivity contribution in [2.75, 3.05) is 6.61 Å². The average Bonchev–Trinajstić information content (AvgIpc) is 3.05. The van der Waals surface area contributed by atoms with Crippen molar-refractivity contribution in [2.45, 2.75) is 20.8 Å². The van der Waals surface area contributed by atoms with Gasteiger partial charge in [0.2, 0.25) is 0 Å². The first-order chi connectivity index (χ1) is 11.5. The van der Waals surface area contributed by atoms with Gasteiger partial charge in [-0.1, -0.05) is 0 Å². The molecule has 2 N–H and O–H groups in total. The SMILES string of the molecule is CCOC(=O)c1[nH]c2cc3[nH]c4cc(F)ccc4c3c(C)c2c1C. The number of rotatable bonds is 2. The van der Waals surface area contributed by atoms with Gasteiger partial charge in [-0.3, -0.25) is 0 Å². The third kappa shape index (κ3) is 1.94. The van der Waals surface area contributed by atoms with E-state index >= 15 is 0 Å². The van der Waals surface area contributed by atoms with Gasteiger partial charge in [-0.05, 0) is 56.2 Å². The maximum absolute atomic E-state index is 13.5. The Hall–Kier alpha value is -2.82. The molecule has 0 aliphatic heterocycles. The number of aryl methyl sites for hydroxylation is 2. The molecule has 4 rings (SSSR count). The van der Waals surface area contributed by atoms with Gasteiger partial charge in [0.1, 0.15) is 11.5 Å². The lowest BCUT2D eigenvalue weighted by Gasteiger charge is -2.02. The fourth-order valence-corrected chi connectivity index (χ4v) is 3.59. The zero-order valence-corrected chi connectivity index (χ0v) is 13.7. The largest absolute Gasteiger partial charge is 0.461 e. The maximum atomic E-state index is 13.5. The Morgan fingerprint density at radius 3 is 2.54 bits per heavy atom. The summed E-state index contributed by atoms with van der Waals surface area (Å²) in [5, 5.41) is 3.04. The van der Waals surface area contributed by atoms with Crippen molar-refractivity contribution in [3.05, 3.63) is 46.9 Å². The summed E-state index contributed by atoms with van der Waals surface area (Å²) in [5.41, 5.74) is 4.97. The number of aromatic nitrogens is 2. The lowest BCUT2D eigenvalue weighted by Crippen LogP contribution is -2.06. The van der Waals surface area contributed by atoms with Crippen molar-refractivity contribution in [2.24, 2.45) is 0 Å². The van der Waals surface area contributed by atoms with E-state index in [1.165, 1.54) is 12.1 Å². The molecule has 2 aromatic carbocycles. The number of hydrogen-bond donors (Lipinski definition) is 2. The number of H-pyrrole nitrogens is 2. The molecule has 4 aromatic rings. The molecule has 24 heavy (non-hydrogen) atoms. The van der Waals surface area contributed by atoms with Gasteiger partial charge in [0.25, 0.3) is 0 Å². The van der Waals surface area contributed by atoms with Crippen LogP contribution in [0.15, 0.2) is 24.3 Å². The molecule has 0 fully saturated rings. The zero-order valence-electron chi connectivity index (χ0n) is 13.7. The molecule has 0 aliphatic rings. The molecular weight excluding hydrogens is 307 g/mol. The smallest absolute Gasteiger partial charge is 0.355 e. The highest BCUT2D eigenvalue weighted by molar-refractivity contribution is 6.15. The molecule has 0 unspecified atom stereocenters. The molecule has 122 valence electrons. The van der Waals surface area contributed by atoms with Crippen LogP contribution in [-0.2, 0) is 4.74 Å². The molecule has 2 heterocycles. The van der Waals surface area contributed by atoms with Crippen LogP contribution in [0, 0.1) is 19.7 Å². The molecule has 0 bridgehead atoms. The van der Waals surface area contributed by atoms with Crippen LogP contribution in [0.3, 0.4) is 0 Å². The number of esters is 1. The van der Waals surface area contributed by atoms with Crippen molar-refractivity contribution >= 4 is 38.7 Å². The number of ether oxygens (including phenoxy) is 1. The summed E-state index contributed by atoms with van der Waals surface area (Å²) in [6.07, 6.45) is 0. The van der Waals surface area contributed by atoms with Crippen LogP contribution in [0.2, 0.25) is 0 Å². The molecule has 0 saturated heterocycles. The van der Waals surface area contributed by atoms with Crippen molar-refractivity contribution in [3.63, 3.8) is 0 Å². The monoisotopic (exact) mass is 324 g/mol. The Labute approximate surface area is 137 Å². The Bertz CT molecular complexity index is 1120. The quantitative estimate of drug-likeness (QED) is 0.523. The van der Waals surface area contributed by atoms with E-state index in [1.54, 1.807) is 13.0 Å². The number of fused-ring (bicyclic) bond motifs is 4. The van der Waals surface area contributed by atoms with Gasteiger partial charge in [0.05, 0.1) is 6.61 Å². The van der Waals surface area contributed by atoms with Crippen LogP contribution >= 0.6 is 0 Å². The minimum atomic E-state index is -0.346. The summed E-state index contributed by atoms with van der Waals surface area (Å²) in [6.45, 7) is 6.06. The molecule has 0 aliphatic carbocycles. The molecule has 0 atom stereocenters. The number of carbonyl (C=O) groups excluding carboxylic acids is 1. The third-order valence-corrected chi connectivity index (χ3v) is 4.59. The highest BCUT2D eigenvalue weighted by Gasteiger charge is 2.19. The van der Waals surface area contributed by atoms with Gasteiger partial charge in [0, 0.05) is 32.7 Å². The summed E-state index contributed by atoms with van der Waals surface area (Å²) < 4.78 is 18.6. The predicted octanol–water partition coefficient (Wildman–Crippen LogP) is 4.74. The first-order valence-electron chi connectivity index (χ1n) is 7.91. The average molecular weight is 324 g/mol. The van der Waals surface area contributed by atoms with Crippen LogP contribution in [0.4, 0.5) is 4.39 Å². The van der Waals surface area contributed by atoms with E-state index in [0.29, 0.717) is 12.3 Å². The van der Waals surface area contributed by atoms with Crippen LogP contribution in [-0.4, -0.2) is 22.5 Å². The third-order valence-electron chi connectivity index (χ3n) is 4.59. The summed E-state index contributed by atoms with van der Waals surface area (Å²) in [7, 11) is 0. The molecule has 0 radical (unpaired) electrons. The molecule has 4 nitrogen and oxygen atoms in total. The first-order valence-corrected chi connectivity index (χ1v) is 7.91.